The summed E-state index contributed by atoms with van der Waals surface area (Å²) in [7, 11) is 0. The van der Waals surface area contributed by atoms with E-state index in [4.69, 9.17) is 0 Å². The van der Waals surface area contributed by atoms with Crippen molar-refractivity contribution >= 4 is 47.1 Å². The average Bonchev–Trinajstić information content (AvgIpc) is 2.88. The molecular weight excluding hydrogens is 498 g/mol. The summed E-state index contributed by atoms with van der Waals surface area (Å²) >= 11 is 0. The van der Waals surface area contributed by atoms with Crippen molar-refractivity contribution < 1.29 is 39.6 Å². The Bertz CT molecular complexity index is 1490. The Balaban J connectivity index is 1.85. The molecule has 0 bridgehead atoms. The van der Waals surface area contributed by atoms with E-state index in [1.54, 1.807) is 30.3 Å². The van der Waals surface area contributed by atoms with Gasteiger partial charge in [-0.25, -0.2) is 19.2 Å². The fourth-order valence-corrected chi connectivity index (χ4v) is 3.58. The van der Waals surface area contributed by atoms with E-state index in [0.717, 1.165) is 12.1 Å². The molecule has 1 heterocycles. The minimum Gasteiger partial charge on any atom is -0.478 e. The lowest BCUT2D eigenvalue weighted by Gasteiger charge is -2.14. The van der Waals surface area contributed by atoms with Gasteiger partial charge in [-0.1, -0.05) is 42.5 Å². The summed E-state index contributed by atoms with van der Waals surface area (Å²) in [4.78, 5) is 59.6. The lowest BCUT2D eigenvalue weighted by atomic mass is 10.1. The van der Waals surface area contributed by atoms with Crippen molar-refractivity contribution in [3.63, 3.8) is 0 Å². The maximum atomic E-state index is 11.8. The second-order valence-electron chi connectivity index (χ2n) is 7.60. The first-order valence-electron chi connectivity index (χ1n) is 10.7. The molecule has 0 spiro atoms. The van der Waals surface area contributed by atoms with Crippen LogP contribution >= 0.6 is 0 Å². The maximum Gasteiger partial charge on any atom is 0.338 e. The number of carbonyl (C=O) groups is 4. The number of hydrogen-bond donors (Lipinski definition) is 6. The number of aromatic carboxylic acids is 4. The molecule has 38 heavy (non-hydrogen) atoms. The number of carboxylic acid groups (broad SMARTS) is 4. The van der Waals surface area contributed by atoms with Crippen LogP contribution in [0, 0.1) is 0 Å². The Kier molecular flexibility index (Phi) is 6.92. The van der Waals surface area contributed by atoms with E-state index in [0.29, 0.717) is 5.56 Å². The fraction of sp³-hybridized carbons (Fsp3) is 0. The quantitative estimate of drug-likeness (QED) is 0.187. The Morgan fingerprint density at radius 3 is 1.37 bits per heavy atom. The fourth-order valence-electron chi connectivity index (χ4n) is 3.58. The molecule has 0 aliphatic heterocycles. The molecule has 0 saturated carbocycles. The summed E-state index contributed by atoms with van der Waals surface area (Å²) in [6, 6.07) is 16.2. The van der Waals surface area contributed by atoms with Gasteiger partial charge in [-0.2, -0.15) is 15.0 Å². The third kappa shape index (κ3) is 5.21. The van der Waals surface area contributed by atoms with Crippen LogP contribution in [0.2, 0.25) is 0 Å². The van der Waals surface area contributed by atoms with Crippen molar-refractivity contribution in [1.82, 2.24) is 15.0 Å². The third-order valence-electron chi connectivity index (χ3n) is 5.18. The van der Waals surface area contributed by atoms with Crippen molar-refractivity contribution in [2.75, 3.05) is 10.6 Å². The summed E-state index contributed by atoms with van der Waals surface area (Å²) in [6.07, 6.45) is 0. The average molecular weight is 515 g/mol. The molecule has 190 valence electrons. The number of aromatic nitrogens is 3. The number of anilines is 4. The predicted octanol–water partition coefficient (Wildman–Crippen LogP) is 3.82. The Morgan fingerprint density at radius 1 is 0.526 bits per heavy atom. The van der Waals surface area contributed by atoms with Gasteiger partial charge in [-0.15, -0.1) is 0 Å². The molecule has 0 fully saturated rings. The van der Waals surface area contributed by atoms with Crippen LogP contribution in [0.15, 0.2) is 66.7 Å². The number of benzene rings is 3. The molecule has 6 N–H and O–H groups in total. The Labute approximate surface area is 213 Å². The second kappa shape index (κ2) is 10.4. The first-order chi connectivity index (χ1) is 18.2. The summed E-state index contributed by atoms with van der Waals surface area (Å²) in [5.41, 5.74) is -1.70. The first kappa shape index (κ1) is 25.2. The first-order valence-corrected chi connectivity index (χ1v) is 10.7. The molecule has 4 aromatic rings. The van der Waals surface area contributed by atoms with E-state index in [1.807, 2.05) is 0 Å². The van der Waals surface area contributed by atoms with Crippen LogP contribution in [0.1, 0.15) is 41.4 Å². The zero-order valence-corrected chi connectivity index (χ0v) is 19.1. The molecule has 13 nitrogen and oxygen atoms in total. The summed E-state index contributed by atoms with van der Waals surface area (Å²) in [5, 5.41) is 43.5. The maximum absolute atomic E-state index is 11.8. The highest BCUT2D eigenvalue weighted by Gasteiger charge is 2.23. The number of nitrogens with one attached hydrogen (secondary N) is 2. The lowest BCUT2D eigenvalue weighted by Crippen LogP contribution is -2.14. The Morgan fingerprint density at radius 2 is 0.974 bits per heavy atom. The highest BCUT2D eigenvalue weighted by molar-refractivity contribution is 6.07. The summed E-state index contributed by atoms with van der Waals surface area (Å²) in [5.74, 6) is -6.20. The lowest BCUT2D eigenvalue weighted by molar-refractivity contribution is 0.0652. The zero-order chi connectivity index (χ0) is 27.4. The molecule has 4 rings (SSSR count). The summed E-state index contributed by atoms with van der Waals surface area (Å²) < 4.78 is 0. The molecule has 13 heteroatoms. The van der Waals surface area contributed by atoms with Crippen molar-refractivity contribution in [3.8, 4) is 11.4 Å². The second-order valence-corrected chi connectivity index (χ2v) is 7.60. The molecule has 0 saturated heterocycles. The van der Waals surface area contributed by atoms with Crippen LogP contribution in [0.3, 0.4) is 0 Å². The Hall–Kier alpha value is -5.85. The van der Waals surface area contributed by atoms with Crippen LogP contribution in [-0.4, -0.2) is 59.3 Å². The van der Waals surface area contributed by atoms with E-state index < -0.39 is 46.1 Å². The van der Waals surface area contributed by atoms with Gasteiger partial charge < -0.3 is 31.1 Å². The van der Waals surface area contributed by atoms with Gasteiger partial charge in [0.05, 0.1) is 33.6 Å². The van der Waals surface area contributed by atoms with E-state index >= 15 is 0 Å². The van der Waals surface area contributed by atoms with Crippen molar-refractivity contribution in [3.05, 3.63) is 89.0 Å². The van der Waals surface area contributed by atoms with Crippen molar-refractivity contribution in [2.24, 2.45) is 0 Å². The van der Waals surface area contributed by atoms with Crippen molar-refractivity contribution in [1.29, 1.82) is 0 Å². The van der Waals surface area contributed by atoms with E-state index in [2.05, 4.69) is 25.6 Å². The van der Waals surface area contributed by atoms with Gasteiger partial charge in [0.25, 0.3) is 0 Å². The van der Waals surface area contributed by atoms with Gasteiger partial charge in [0.1, 0.15) is 0 Å². The molecule has 3 aromatic carbocycles. The molecule has 1 aromatic heterocycles. The monoisotopic (exact) mass is 515 g/mol. The zero-order valence-electron chi connectivity index (χ0n) is 19.1. The van der Waals surface area contributed by atoms with Gasteiger partial charge >= 0.3 is 23.9 Å². The normalized spacial score (nSPS) is 10.4. The van der Waals surface area contributed by atoms with Crippen LogP contribution in [0.5, 0.6) is 0 Å². The predicted molar refractivity (Wildman–Crippen MR) is 133 cm³/mol. The highest BCUT2D eigenvalue weighted by atomic mass is 16.4. The largest absolute Gasteiger partial charge is 0.478 e. The minimum atomic E-state index is -1.50. The van der Waals surface area contributed by atoms with Crippen LogP contribution in [-0.2, 0) is 0 Å². The number of nitrogens with zero attached hydrogens (tertiary/aromatic N) is 3. The molecule has 0 aliphatic rings. The van der Waals surface area contributed by atoms with Gasteiger partial charge in [0, 0.05) is 5.56 Å². The molecule has 0 atom stereocenters. The molecule has 0 unspecified atom stereocenters. The SMILES string of the molecule is O=C(O)c1cccc(Nc2nc(Nc3cccc(C(=O)O)c3C(=O)O)nc(-c3ccccc3)n2)c1C(=O)O. The standard InChI is InChI=1S/C25H17N5O8/c31-20(32)13-8-4-10-15(17(13)22(35)36)26-24-28-19(12-6-2-1-3-7-12)29-25(30-24)27-16-11-5-9-14(21(33)34)18(16)23(37)38/h1-11H,(H,31,32)(H,33,34)(H,35,36)(H,37,38)(H2,26,27,28,29,30). The van der Waals surface area contributed by atoms with Gasteiger partial charge in [0.2, 0.25) is 11.9 Å². The third-order valence-corrected chi connectivity index (χ3v) is 5.18. The number of carboxylic acids is 4. The van der Waals surface area contributed by atoms with Gasteiger partial charge in [-0.05, 0) is 24.3 Å². The van der Waals surface area contributed by atoms with Crippen LogP contribution < -0.4 is 10.6 Å². The smallest absolute Gasteiger partial charge is 0.338 e. The van der Waals surface area contributed by atoms with Gasteiger partial charge in [0.15, 0.2) is 5.82 Å². The van der Waals surface area contributed by atoms with E-state index in [-0.39, 0.29) is 29.1 Å². The highest BCUT2D eigenvalue weighted by Crippen LogP contribution is 2.27. The van der Waals surface area contributed by atoms with Crippen LogP contribution in [0.4, 0.5) is 23.3 Å². The minimum absolute atomic E-state index is 0.100. The van der Waals surface area contributed by atoms with E-state index in [9.17, 15) is 39.6 Å². The van der Waals surface area contributed by atoms with Crippen LogP contribution in [0.25, 0.3) is 11.4 Å². The molecule has 0 radical (unpaired) electrons. The summed E-state index contributed by atoms with van der Waals surface area (Å²) in [6.45, 7) is 0. The topological polar surface area (TPSA) is 212 Å². The van der Waals surface area contributed by atoms with E-state index in [1.165, 1.54) is 24.3 Å². The molecular formula is C25H17N5O8. The number of hydrogen-bond acceptors (Lipinski definition) is 9. The van der Waals surface area contributed by atoms with Gasteiger partial charge in [-0.3, -0.25) is 0 Å². The van der Waals surface area contributed by atoms with Crippen molar-refractivity contribution in [2.45, 2.75) is 0 Å². The molecule has 0 amide bonds. The number of rotatable bonds is 9. The molecule has 0 aliphatic carbocycles.